The van der Waals surface area contributed by atoms with Gasteiger partial charge in [0, 0.05) is 53.5 Å². The first-order chi connectivity index (χ1) is 22.4. The summed E-state index contributed by atoms with van der Waals surface area (Å²) in [6, 6.07) is 9.02. The van der Waals surface area contributed by atoms with E-state index in [4.69, 9.17) is 16.1 Å². The fourth-order valence-corrected chi connectivity index (χ4v) is 8.84. The summed E-state index contributed by atoms with van der Waals surface area (Å²) >= 11 is 0. The number of anilines is 1. The molecular weight excluding hydrogens is 607 g/mol. The number of ether oxygens (including phenoxy) is 1. The highest BCUT2D eigenvalue weighted by Crippen LogP contribution is 2.44. The summed E-state index contributed by atoms with van der Waals surface area (Å²) in [5, 5.41) is 26.1. The van der Waals surface area contributed by atoms with Gasteiger partial charge in [-0.3, -0.25) is 4.90 Å². The molecule has 3 N–H and O–H groups in total. The van der Waals surface area contributed by atoms with Crippen molar-refractivity contribution >= 4 is 27.5 Å². The van der Waals surface area contributed by atoms with Crippen LogP contribution in [0.1, 0.15) is 45.1 Å². The predicted molar refractivity (Wildman–Crippen MR) is 173 cm³/mol. The Morgan fingerprint density at radius 2 is 1.98 bits per heavy atom. The number of aromatic nitrogens is 2. The molecule has 8 rings (SSSR count). The number of phenolic OH excluding ortho intramolecular Hbond substituents is 1. The van der Waals surface area contributed by atoms with Gasteiger partial charge in [0.1, 0.15) is 35.7 Å². The number of halogens is 3. The molecule has 3 aromatic carbocycles. The summed E-state index contributed by atoms with van der Waals surface area (Å²) in [7, 11) is 0. The minimum atomic E-state index is -0.954. The zero-order chi connectivity index (χ0) is 32.9. The summed E-state index contributed by atoms with van der Waals surface area (Å²) in [5.41, 5.74) is -1.68. The van der Waals surface area contributed by atoms with E-state index in [2.05, 4.69) is 21.1 Å². The van der Waals surface area contributed by atoms with E-state index in [0.29, 0.717) is 48.8 Å². The molecule has 1 aromatic heterocycles. The maximum atomic E-state index is 17.0. The van der Waals surface area contributed by atoms with Gasteiger partial charge in [-0.1, -0.05) is 18.1 Å². The van der Waals surface area contributed by atoms with Gasteiger partial charge in [0.25, 0.3) is 0 Å². The van der Waals surface area contributed by atoms with E-state index < -0.39 is 40.5 Å². The third-order valence-corrected chi connectivity index (χ3v) is 10.8. The number of rotatable bonds is 5. The molecule has 4 aliphatic heterocycles. The van der Waals surface area contributed by atoms with Crippen LogP contribution in [0.25, 0.3) is 32.8 Å². The smallest absolute Gasteiger partial charge is 0.319 e. The van der Waals surface area contributed by atoms with Gasteiger partial charge in [0.15, 0.2) is 5.82 Å². The standard InChI is InChI=1S/C36H36F3N5O3/c1-4-20-7-5-8-21-11-23(45)12-24(28(20)21)29-26(38)13-25-31(30(29)39)40-33(47-19-36-9-6-10-44(36)16-22(37)14-36)41-32(25)43-17-34(2)15-27(46)35(3,18-43)42-34/h1,5,7-8,11-13,22,27,42,45-46H,6,9-10,14-19H2,2-3H3/t22-,27?,34+,35-,36+/m1/s1. The number of benzene rings is 3. The summed E-state index contributed by atoms with van der Waals surface area (Å²) in [5.74, 6) is 0.874. The maximum Gasteiger partial charge on any atom is 0.319 e. The Morgan fingerprint density at radius 1 is 1.15 bits per heavy atom. The molecule has 4 aromatic rings. The number of phenols is 1. The van der Waals surface area contributed by atoms with Crippen molar-refractivity contribution in [2.45, 2.75) is 68.4 Å². The Balaban J connectivity index is 1.31. The fraction of sp³-hybridized carbons (Fsp3) is 0.444. The fourth-order valence-electron chi connectivity index (χ4n) is 8.84. The highest BCUT2D eigenvalue weighted by atomic mass is 19.1. The number of aliphatic hydroxyl groups excluding tert-OH is 1. The van der Waals surface area contributed by atoms with Crippen LogP contribution in [0.5, 0.6) is 11.8 Å². The SMILES string of the molecule is C#Cc1cccc2cc(O)cc(-c3c(F)cc4c(N5C[C@]6(C)CC(O)[C@@](C)(C5)N6)nc(OC[C@@]56CCCN5C[C@H](F)C6)nc4c3F)c12. The van der Waals surface area contributed by atoms with Crippen molar-refractivity contribution in [2.24, 2.45) is 0 Å². The number of piperazine rings is 1. The number of aromatic hydroxyl groups is 1. The van der Waals surface area contributed by atoms with Crippen LogP contribution >= 0.6 is 0 Å². The van der Waals surface area contributed by atoms with E-state index in [1.54, 1.807) is 18.2 Å². The van der Waals surface area contributed by atoms with Crippen molar-refractivity contribution in [3.05, 3.63) is 53.6 Å². The van der Waals surface area contributed by atoms with Crippen molar-refractivity contribution in [3.63, 3.8) is 0 Å². The van der Waals surface area contributed by atoms with Gasteiger partial charge in [0.2, 0.25) is 0 Å². The quantitative estimate of drug-likeness (QED) is 0.260. The molecule has 0 spiro atoms. The normalized spacial score (nSPS) is 30.3. The van der Waals surface area contributed by atoms with Crippen molar-refractivity contribution < 1.29 is 28.1 Å². The first-order valence-electron chi connectivity index (χ1n) is 16.1. The first kappa shape index (κ1) is 30.2. The Morgan fingerprint density at radius 3 is 2.77 bits per heavy atom. The lowest BCUT2D eigenvalue weighted by molar-refractivity contribution is 0.107. The van der Waals surface area contributed by atoms with Gasteiger partial charge in [-0.2, -0.15) is 9.97 Å². The van der Waals surface area contributed by atoms with Crippen LogP contribution in [-0.4, -0.2) is 86.8 Å². The number of alkyl halides is 1. The molecule has 1 unspecified atom stereocenters. The average Bonchev–Trinajstić information content (AvgIpc) is 3.59. The van der Waals surface area contributed by atoms with Crippen LogP contribution in [0.3, 0.4) is 0 Å². The largest absolute Gasteiger partial charge is 0.508 e. The summed E-state index contributed by atoms with van der Waals surface area (Å²) in [6.07, 6.45) is 6.74. The third kappa shape index (κ3) is 4.72. The molecule has 47 heavy (non-hydrogen) atoms. The number of hydrogen-bond acceptors (Lipinski definition) is 8. The molecular formula is C36H36F3N5O3. The van der Waals surface area contributed by atoms with Gasteiger partial charge in [-0.15, -0.1) is 6.42 Å². The molecule has 11 heteroatoms. The third-order valence-electron chi connectivity index (χ3n) is 10.8. The Labute approximate surface area is 270 Å². The van der Waals surface area contributed by atoms with Gasteiger partial charge in [-0.25, -0.2) is 13.2 Å². The van der Waals surface area contributed by atoms with E-state index >= 15 is 8.78 Å². The molecule has 0 radical (unpaired) electrons. The number of nitrogens with zero attached hydrogens (tertiary/aromatic N) is 4. The lowest BCUT2D eigenvalue weighted by Crippen LogP contribution is -2.65. The molecule has 8 nitrogen and oxygen atoms in total. The maximum absolute atomic E-state index is 17.0. The minimum absolute atomic E-state index is 0.0943. The number of terminal acetylenes is 1. The van der Waals surface area contributed by atoms with Crippen LogP contribution in [0.2, 0.25) is 0 Å². The van der Waals surface area contributed by atoms with E-state index in [1.807, 2.05) is 18.7 Å². The average molecular weight is 644 g/mol. The monoisotopic (exact) mass is 643 g/mol. The first-order valence-corrected chi connectivity index (χ1v) is 16.1. The van der Waals surface area contributed by atoms with Crippen molar-refractivity contribution in [2.75, 3.05) is 37.7 Å². The molecule has 244 valence electrons. The van der Waals surface area contributed by atoms with Crippen LogP contribution < -0.4 is 15.0 Å². The number of aliphatic hydroxyl groups is 1. The topological polar surface area (TPSA) is 94.0 Å². The summed E-state index contributed by atoms with van der Waals surface area (Å²) < 4.78 is 54.1. The second kappa shape index (κ2) is 10.4. The summed E-state index contributed by atoms with van der Waals surface area (Å²) in [6.45, 7) is 5.93. The Kier molecular flexibility index (Phi) is 6.72. The molecule has 0 amide bonds. The highest BCUT2D eigenvalue weighted by Gasteiger charge is 2.54. The second-order valence-corrected chi connectivity index (χ2v) is 14.4. The molecule has 0 aliphatic carbocycles. The molecule has 4 aliphatic rings. The molecule has 5 heterocycles. The highest BCUT2D eigenvalue weighted by molar-refractivity contribution is 6.04. The van der Waals surface area contributed by atoms with Crippen LogP contribution in [0.15, 0.2) is 36.4 Å². The number of hydrogen-bond donors (Lipinski definition) is 3. The molecule has 2 bridgehead atoms. The molecule has 4 fully saturated rings. The van der Waals surface area contributed by atoms with E-state index in [0.717, 1.165) is 19.4 Å². The van der Waals surface area contributed by atoms with Gasteiger partial charge < -0.3 is 25.2 Å². The van der Waals surface area contributed by atoms with Crippen LogP contribution in [0.4, 0.5) is 19.0 Å². The van der Waals surface area contributed by atoms with Crippen LogP contribution in [0, 0.1) is 24.0 Å². The van der Waals surface area contributed by atoms with Crippen molar-refractivity contribution in [1.82, 2.24) is 20.2 Å². The molecule has 0 saturated carbocycles. The lowest BCUT2D eigenvalue weighted by Gasteiger charge is -2.45. The zero-order valence-corrected chi connectivity index (χ0v) is 26.3. The van der Waals surface area contributed by atoms with E-state index in [-0.39, 0.29) is 46.2 Å². The van der Waals surface area contributed by atoms with E-state index in [1.165, 1.54) is 18.2 Å². The van der Waals surface area contributed by atoms with Crippen molar-refractivity contribution in [3.8, 4) is 35.2 Å². The summed E-state index contributed by atoms with van der Waals surface area (Å²) in [4.78, 5) is 13.3. The lowest BCUT2D eigenvalue weighted by atomic mass is 9.92. The minimum Gasteiger partial charge on any atom is -0.508 e. The zero-order valence-electron chi connectivity index (χ0n) is 26.3. The van der Waals surface area contributed by atoms with Gasteiger partial charge >= 0.3 is 6.01 Å². The predicted octanol–water partition coefficient (Wildman–Crippen LogP) is 5.06. The van der Waals surface area contributed by atoms with Crippen molar-refractivity contribution in [1.29, 1.82) is 0 Å². The second-order valence-electron chi connectivity index (χ2n) is 14.4. The Bertz CT molecular complexity index is 2000. The Hall–Kier alpha value is -4.11. The molecule has 4 saturated heterocycles. The van der Waals surface area contributed by atoms with Crippen LogP contribution in [-0.2, 0) is 0 Å². The number of fused-ring (bicyclic) bond motifs is 5. The molecule has 5 atom stereocenters. The van der Waals surface area contributed by atoms with Gasteiger partial charge in [0.05, 0.1) is 22.7 Å². The van der Waals surface area contributed by atoms with Gasteiger partial charge in [-0.05, 0) is 69.3 Å². The number of nitrogens with one attached hydrogen (secondary N) is 1. The van der Waals surface area contributed by atoms with E-state index in [9.17, 15) is 14.6 Å².